The van der Waals surface area contributed by atoms with Gasteiger partial charge in [0, 0.05) is 11.9 Å². The number of hydrogen-bond acceptors (Lipinski definition) is 3. The third kappa shape index (κ3) is 3.55. The summed E-state index contributed by atoms with van der Waals surface area (Å²) in [6.07, 6.45) is 0. The molecule has 1 aromatic heterocycles. The average Bonchev–Trinajstić information content (AvgIpc) is 2.64. The highest BCUT2D eigenvalue weighted by molar-refractivity contribution is 6.11. The van der Waals surface area contributed by atoms with Gasteiger partial charge in [-0.15, -0.1) is 0 Å². The predicted molar refractivity (Wildman–Crippen MR) is 95.1 cm³/mol. The zero-order valence-corrected chi connectivity index (χ0v) is 14.6. The molecular formula is C19H16F3N3O2. The van der Waals surface area contributed by atoms with Crippen LogP contribution in [0.25, 0.3) is 10.8 Å². The maximum Gasteiger partial charge on any atom is 0.276 e. The number of carbonyl (C=O) groups excluding carboxylic acids is 1. The fourth-order valence-corrected chi connectivity index (χ4v) is 2.68. The van der Waals surface area contributed by atoms with E-state index in [2.05, 4.69) is 10.4 Å². The Kier molecular flexibility index (Phi) is 4.98. The highest BCUT2D eigenvalue weighted by Gasteiger charge is 2.20. The van der Waals surface area contributed by atoms with Crippen LogP contribution in [0.1, 0.15) is 24.3 Å². The van der Waals surface area contributed by atoms with Gasteiger partial charge in [0.15, 0.2) is 23.1 Å². The van der Waals surface area contributed by atoms with Crippen molar-refractivity contribution in [1.82, 2.24) is 9.78 Å². The van der Waals surface area contributed by atoms with Crippen molar-refractivity contribution in [2.75, 3.05) is 5.32 Å². The Hall–Kier alpha value is -3.16. The monoisotopic (exact) mass is 375 g/mol. The molecule has 0 saturated carbocycles. The Morgan fingerprint density at radius 2 is 1.74 bits per heavy atom. The zero-order chi connectivity index (χ0) is 19.7. The molecule has 5 nitrogen and oxygen atoms in total. The lowest BCUT2D eigenvalue weighted by atomic mass is 10.1. The van der Waals surface area contributed by atoms with E-state index in [1.807, 2.05) is 13.8 Å². The van der Waals surface area contributed by atoms with Crippen molar-refractivity contribution in [3.8, 4) is 0 Å². The number of nitrogens with zero attached hydrogens (tertiary/aromatic N) is 2. The Morgan fingerprint density at radius 3 is 2.41 bits per heavy atom. The van der Waals surface area contributed by atoms with Crippen molar-refractivity contribution in [1.29, 1.82) is 0 Å². The summed E-state index contributed by atoms with van der Waals surface area (Å²) in [7, 11) is 0. The number of halogens is 3. The van der Waals surface area contributed by atoms with Crippen LogP contribution < -0.4 is 10.9 Å². The Labute approximate surface area is 152 Å². The van der Waals surface area contributed by atoms with E-state index in [9.17, 15) is 22.8 Å². The number of fused-ring (bicyclic) bond motifs is 1. The normalized spacial score (nSPS) is 11.2. The number of hydrogen-bond donors (Lipinski definition) is 1. The van der Waals surface area contributed by atoms with E-state index >= 15 is 0 Å². The van der Waals surface area contributed by atoms with Crippen LogP contribution in [0.15, 0.2) is 41.2 Å². The minimum atomic E-state index is -1.68. The molecule has 2 aromatic carbocycles. The molecule has 27 heavy (non-hydrogen) atoms. The van der Waals surface area contributed by atoms with Gasteiger partial charge in [0.25, 0.3) is 11.5 Å². The van der Waals surface area contributed by atoms with E-state index in [4.69, 9.17) is 0 Å². The average molecular weight is 375 g/mol. The minimum Gasteiger partial charge on any atom is -0.318 e. The number of anilines is 1. The van der Waals surface area contributed by atoms with Crippen molar-refractivity contribution in [2.24, 2.45) is 5.92 Å². The van der Waals surface area contributed by atoms with Gasteiger partial charge in [-0.2, -0.15) is 5.10 Å². The molecule has 1 heterocycles. The van der Waals surface area contributed by atoms with Gasteiger partial charge in [-0.05, 0) is 24.1 Å². The largest absolute Gasteiger partial charge is 0.318 e. The van der Waals surface area contributed by atoms with Crippen LogP contribution in [0.5, 0.6) is 0 Å². The van der Waals surface area contributed by atoms with Crippen molar-refractivity contribution in [3.05, 3.63) is 69.9 Å². The molecule has 1 N–H and O–H groups in total. The summed E-state index contributed by atoms with van der Waals surface area (Å²) in [4.78, 5) is 25.2. The second-order valence-electron chi connectivity index (χ2n) is 6.45. The van der Waals surface area contributed by atoms with Gasteiger partial charge in [0.05, 0.1) is 11.1 Å². The van der Waals surface area contributed by atoms with Crippen LogP contribution in [0.2, 0.25) is 0 Å². The van der Waals surface area contributed by atoms with Crippen LogP contribution in [-0.2, 0) is 6.54 Å². The zero-order valence-electron chi connectivity index (χ0n) is 14.6. The SMILES string of the molecule is CC(C)Cn1nc(C(=O)Nc2ccc(F)c(F)c2F)c2ccccc2c1=O. The molecule has 0 radical (unpaired) electrons. The third-order valence-corrected chi connectivity index (χ3v) is 3.90. The molecule has 1 amide bonds. The van der Waals surface area contributed by atoms with Crippen molar-refractivity contribution in [2.45, 2.75) is 20.4 Å². The summed E-state index contributed by atoms with van der Waals surface area (Å²) < 4.78 is 41.5. The van der Waals surface area contributed by atoms with E-state index in [-0.39, 0.29) is 34.5 Å². The minimum absolute atomic E-state index is 0.0934. The van der Waals surface area contributed by atoms with Gasteiger partial charge in [0.1, 0.15) is 0 Å². The summed E-state index contributed by atoms with van der Waals surface area (Å²) in [5.41, 5.74) is -0.990. The Balaban J connectivity index is 2.10. The standard InChI is InChI=1S/C19H16F3N3O2/c1-10(2)9-25-19(27)12-6-4-3-5-11(12)17(24-25)18(26)23-14-8-7-13(20)15(21)16(14)22/h3-8,10H,9H2,1-2H3,(H,23,26). The Bertz CT molecular complexity index is 1090. The summed E-state index contributed by atoms with van der Waals surface area (Å²) >= 11 is 0. The molecule has 0 spiro atoms. The van der Waals surface area contributed by atoms with E-state index in [1.54, 1.807) is 24.3 Å². The van der Waals surface area contributed by atoms with Crippen molar-refractivity contribution < 1.29 is 18.0 Å². The quantitative estimate of drug-likeness (QED) is 0.707. The summed E-state index contributed by atoms with van der Waals surface area (Å²) in [6, 6.07) is 8.01. The molecule has 140 valence electrons. The number of rotatable bonds is 4. The number of carbonyl (C=O) groups is 1. The lowest BCUT2D eigenvalue weighted by molar-refractivity contribution is 0.102. The second-order valence-corrected chi connectivity index (χ2v) is 6.45. The van der Waals surface area contributed by atoms with Gasteiger partial charge in [-0.1, -0.05) is 32.0 Å². The molecule has 0 atom stereocenters. The number of nitrogens with one attached hydrogen (secondary N) is 1. The molecule has 8 heteroatoms. The summed E-state index contributed by atoms with van der Waals surface area (Å²) in [6.45, 7) is 4.06. The third-order valence-electron chi connectivity index (χ3n) is 3.90. The fourth-order valence-electron chi connectivity index (χ4n) is 2.68. The van der Waals surface area contributed by atoms with Gasteiger partial charge >= 0.3 is 0 Å². The summed E-state index contributed by atoms with van der Waals surface area (Å²) in [5, 5.41) is 6.86. The van der Waals surface area contributed by atoms with Gasteiger partial charge in [-0.3, -0.25) is 9.59 Å². The van der Waals surface area contributed by atoms with Gasteiger partial charge < -0.3 is 5.32 Å². The molecule has 3 aromatic rings. The molecule has 0 bridgehead atoms. The first-order valence-corrected chi connectivity index (χ1v) is 8.24. The van der Waals surface area contributed by atoms with Crippen molar-refractivity contribution in [3.63, 3.8) is 0 Å². The first-order valence-electron chi connectivity index (χ1n) is 8.24. The first kappa shape index (κ1) is 18.6. The number of benzene rings is 2. The molecule has 3 rings (SSSR count). The molecule has 0 aliphatic rings. The van der Waals surface area contributed by atoms with Gasteiger partial charge in [0.2, 0.25) is 0 Å². The second kappa shape index (κ2) is 7.22. The highest BCUT2D eigenvalue weighted by atomic mass is 19.2. The van der Waals surface area contributed by atoms with Crippen molar-refractivity contribution >= 4 is 22.4 Å². The first-order chi connectivity index (χ1) is 12.8. The van der Waals surface area contributed by atoms with E-state index < -0.39 is 29.0 Å². The van der Waals surface area contributed by atoms with Crippen LogP contribution in [0.4, 0.5) is 18.9 Å². The maximum atomic E-state index is 13.9. The van der Waals surface area contributed by atoms with E-state index in [1.165, 1.54) is 4.68 Å². The molecule has 0 saturated heterocycles. The lowest BCUT2D eigenvalue weighted by Crippen LogP contribution is -2.29. The molecule has 0 unspecified atom stereocenters. The molecule has 0 fully saturated rings. The predicted octanol–water partition coefficient (Wildman–Crippen LogP) is 3.72. The molecule has 0 aliphatic carbocycles. The Morgan fingerprint density at radius 1 is 1.07 bits per heavy atom. The fraction of sp³-hybridized carbons (Fsp3) is 0.211. The number of amides is 1. The van der Waals surface area contributed by atoms with Gasteiger partial charge in [-0.25, -0.2) is 17.9 Å². The maximum absolute atomic E-state index is 13.9. The van der Waals surface area contributed by atoms with Crippen LogP contribution >= 0.6 is 0 Å². The van der Waals surface area contributed by atoms with Crippen LogP contribution in [0, 0.1) is 23.4 Å². The molecular weight excluding hydrogens is 359 g/mol. The highest BCUT2D eigenvalue weighted by Crippen LogP contribution is 2.21. The smallest absolute Gasteiger partial charge is 0.276 e. The molecule has 0 aliphatic heterocycles. The topological polar surface area (TPSA) is 64.0 Å². The van der Waals surface area contributed by atoms with E-state index in [0.717, 1.165) is 6.07 Å². The lowest BCUT2D eigenvalue weighted by Gasteiger charge is -2.13. The summed E-state index contributed by atoms with van der Waals surface area (Å²) in [5.74, 6) is -5.30. The number of aromatic nitrogens is 2. The van der Waals surface area contributed by atoms with Crippen LogP contribution in [-0.4, -0.2) is 15.7 Å². The van der Waals surface area contributed by atoms with Crippen LogP contribution in [0.3, 0.4) is 0 Å². The van der Waals surface area contributed by atoms with E-state index in [0.29, 0.717) is 6.07 Å².